The molecule has 0 fully saturated rings. The number of pyridine rings is 2. The lowest BCUT2D eigenvalue weighted by molar-refractivity contribution is 0.0692. The van der Waals surface area contributed by atoms with Crippen LogP contribution in [-0.4, -0.2) is 21.0 Å². The highest BCUT2D eigenvalue weighted by Gasteiger charge is 2.15. The summed E-state index contributed by atoms with van der Waals surface area (Å²) < 4.78 is 0. The van der Waals surface area contributed by atoms with Crippen molar-refractivity contribution in [1.82, 2.24) is 9.97 Å². The molecular weight excluding hydrogens is 240 g/mol. The molecule has 0 saturated heterocycles. The number of hydrogen-bond donors (Lipinski definition) is 1. The number of aromatic carboxylic acids is 1. The molecule has 0 aliphatic carbocycles. The molecule has 2 aromatic heterocycles. The fourth-order valence-corrected chi connectivity index (χ4v) is 2.01. The molecule has 92 valence electrons. The molecule has 0 radical (unpaired) electrons. The first-order chi connectivity index (χ1) is 9.25. The van der Waals surface area contributed by atoms with Crippen molar-refractivity contribution in [2.45, 2.75) is 0 Å². The summed E-state index contributed by atoms with van der Waals surface area (Å²) in [5.41, 5.74) is 1.91. The lowest BCUT2D eigenvalue weighted by atomic mass is 10.0. The van der Waals surface area contributed by atoms with Crippen LogP contribution in [0.5, 0.6) is 0 Å². The van der Waals surface area contributed by atoms with Crippen molar-refractivity contribution < 1.29 is 9.90 Å². The lowest BCUT2D eigenvalue weighted by Gasteiger charge is -2.07. The van der Waals surface area contributed by atoms with Gasteiger partial charge in [0.05, 0.1) is 0 Å². The van der Waals surface area contributed by atoms with Gasteiger partial charge in [-0.25, -0.2) is 14.8 Å². The van der Waals surface area contributed by atoms with E-state index < -0.39 is 5.97 Å². The largest absolute Gasteiger partial charge is 0.476 e. The zero-order chi connectivity index (χ0) is 13.2. The second-order valence-electron chi connectivity index (χ2n) is 4.11. The van der Waals surface area contributed by atoms with E-state index in [1.165, 1.54) is 0 Å². The maximum Gasteiger partial charge on any atom is 0.355 e. The summed E-state index contributed by atoms with van der Waals surface area (Å²) in [4.78, 5) is 19.6. The van der Waals surface area contributed by atoms with E-state index in [1.54, 1.807) is 12.3 Å². The van der Waals surface area contributed by atoms with Gasteiger partial charge in [-0.2, -0.15) is 0 Å². The van der Waals surface area contributed by atoms with Gasteiger partial charge in [-0.1, -0.05) is 30.3 Å². The normalized spacial score (nSPS) is 10.5. The van der Waals surface area contributed by atoms with E-state index in [0.717, 1.165) is 10.9 Å². The average molecular weight is 250 g/mol. The molecule has 0 spiro atoms. The van der Waals surface area contributed by atoms with Crippen molar-refractivity contribution in [1.29, 1.82) is 0 Å². The number of carbonyl (C=O) groups is 1. The van der Waals surface area contributed by atoms with Crippen LogP contribution in [0, 0.1) is 0 Å². The Morgan fingerprint density at radius 3 is 2.58 bits per heavy atom. The molecule has 0 unspecified atom stereocenters. The van der Waals surface area contributed by atoms with Crippen LogP contribution >= 0.6 is 0 Å². The number of benzene rings is 1. The number of carboxylic acids is 1. The monoisotopic (exact) mass is 250 g/mol. The van der Waals surface area contributed by atoms with E-state index in [2.05, 4.69) is 9.97 Å². The molecule has 3 aromatic rings. The number of fused-ring (bicyclic) bond motifs is 1. The highest BCUT2D eigenvalue weighted by Crippen LogP contribution is 2.25. The second-order valence-corrected chi connectivity index (χ2v) is 4.11. The second kappa shape index (κ2) is 4.49. The van der Waals surface area contributed by atoms with Crippen LogP contribution in [0.4, 0.5) is 0 Å². The maximum atomic E-state index is 11.3. The zero-order valence-corrected chi connectivity index (χ0v) is 9.95. The molecule has 3 rings (SSSR count). The van der Waals surface area contributed by atoms with Gasteiger partial charge in [0.1, 0.15) is 0 Å². The van der Waals surface area contributed by atoms with Crippen molar-refractivity contribution in [3.63, 3.8) is 0 Å². The van der Waals surface area contributed by atoms with Crippen LogP contribution in [-0.2, 0) is 0 Å². The summed E-state index contributed by atoms with van der Waals surface area (Å²) in [6.07, 6.45) is 1.60. The quantitative estimate of drug-likeness (QED) is 0.759. The van der Waals surface area contributed by atoms with Crippen molar-refractivity contribution in [2.24, 2.45) is 0 Å². The number of aromatic nitrogens is 2. The molecule has 0 amide bonds. The highest BCUT2D eigenvalue weighted by molar-refractivity contribution is 5.97. The Kier molecular flexibility index (Phi) is 2.68. The van der Waals surface area contributed by atoms with Crippen molar-refractivity contribution in [3.05, 3.63) is 60.4 Å². The van der Waals surface area contributed by atoms with Gasteiger partial charge < -0.3 is 5.11 Å². The van der Waals surface area contributed by atoms with Crippen LogP contribution in [0.3, 0.4) is 0 Å². The molecule has 1 N–H and O–H groups in total. The van der Waals surface area contributed by atoms with E-state index in [9.17, 15) is 9.90 Å². The Hall–Kier alpha value is -2.75. The zero-order valence-electron chi connectivity index (χ0n) is 9.95. The van der Waals surface area contributed by atoms with E-state index >= 15 is 0 Å². The van der Waals surface area contributed by atoms with Crippen molar-refractivity contribution in [3.8, 4) is 11.1 Å². The molecule has 0 bridgehead atoms. The minimum absolute atomic E-state index is 0.0254. The van der Waals surface area contributed by atoms with Gasteiger partial charge >= 0.3 is 5.97 Å². The van der Waals surface area contributed by atoms with E-state index in [1.807, 2.05) is 42.5 Å². The topological polar surface area (TPSA) is 63.1 Å². The molecule has 0 atom stereocenters. The number of rotatable bonds is 2. The third kappa shape index (κ3) is 2.04. The van der Waals surface area contributed by atoms with Gasteiger partial charge in [0.15, 0.2) is 11.3 Å². The lowest BCUT2D eigenvalue weighted by Crippen LogP contribution is -2.04. The standard InChI is InChI=1S/C15H10N2O2/c18-15(19)13-12(10-5-2-1-3-6-10)9-11-7-4-8-16-14(11)17-13/h1-9H,(H,18,19). The molecule has 4 nitrogen and oxygen atoms in total. The first-order valence-corrected chi connectivity index (χ1v) is 5.80. The minimum atomic E-state index is -1.05. The third-order valence-electron chi connectivity index (χ3n) is 2.88. The van der Waals surface area contributed by atoms with Crippen LogP contribution in [0.2, 0.25) is 0 Å². The molecule has 0 saturated carbocycles. The average Bonchev–Trinajstić information content (AvgIpc) is 2.46. The highest BCUT2D eigenvalue weighted by atomic mass is 16.4. The Labute approximate surface area is 109 Å². The molecule has 1 aromatic carbocycles. The fraction of sp³-hybridized carbons (Fsp3) is 0. The summed E-state index contributed by atoms with van der Waals surface area (Å²) in [5.74, 6) is -1.05. The van der Waals surface area contributed by atoms with E-state index in [4.69, 9.17) is 0 Å². The summed E-state index contributed by atoms with van der Waals surface area (Å²) in [6.45, 7) is 0. The molecule has 0 aliphatic rings. The molecular formula is C15H10N2O2. The Balaban J connectivity index is 2.33. The Morgan fingerprint density at radius 1 is 1.05 bits per heavy atom. The van der Waals surface area contributed by atoms with Gasteiger partial charge in [-0.15, -0.1) is 0 Å². The number of carboxylic acid groups (broad SMARTS) is 1. The smallest absolute Gasteiger partial charge is 0.355 e. The van der Waals surface area contributed by atoms with E-state index in [0.29, 0.717) is 11.2 Å². The fourth-order valence-electron chi connectivity index (χ4n) is 2.01. The predicted octanol–water partition coefficient (Wildman–Crippen LogP) is 3.00. The molecule has 4 heteroatoms. The molecule has 0 aliphatic heterocycles. The minimum Gasteiger partial charge on any atom is -0.476 e. The van der Waals surface area contributed by atoms with Gasteiger partial charge in [-0.05, 0) is 23.8 Å². The van der Waals surface area contributed by atoms with E-state index in [-0.39, 0.29) is 5.69 Å². The van der Waals surface area contributed by atoms with Crippen LogP contribution < -0.4 is 0 Å². The third-order valence-corrected chi connectivity index (χ3v) is 2.88. The molecule has 2 heterocycles. The van der Waals surface area contributed by atoms with Crippen LogP contribution in [0.25, 0.3) is 22.2 Å². The van der Waals surface area contributed by atoms with Crippen LogP contribution in [0.1, 0.15) is 10.5 Å². The van der Waals surface area contributed by atoms with Crippen molar-refractivity contribution in [2.75, 3.05) is 0 Å². The summed E-state index contributed by atoms with van der Waals surface area (Å²) in [6, 6.07) is 14.8. The Morgan fingerprint density at radius 2 is 1.84 bits per heavy atom. The first kappa shape index (κ1) is 11.3. The summed E-state index contributed by atoms with van der Waals surface area (Å²) in [7, 11) is 0. The van der Waals surface area contributed by atoms with Gasteiger partial charge in [0, 0.05) is 17.1 Å². The summed E-state index contributed by atoms with van der Waals surface area (Å²) in [5, 5.41) is 10.1. The Bertz CT molecular complexity index is 754. The molecule has 19 heavy (non-hydrogen) atoms. The number of hydrogen-bond acceptors (Lipinski definition) is 3. The van der Waals surface area contributed by atoms with Gasteiger partial charge in [-0.3, -0.25) is 0 Å². The van der Waals surface area contributed by atoms with Gasteiger partial charge in [0.2, 0.25) is 0 Å². The first-order valence-electron chi connectivity index (χ1n) is 5.80. The SMILES string of the molecule is O=C(O)c1nc2ncccc2cc1-c1ccccc1. The van der Waals surface area contributed by atoms with Crippen molar-refractivity contribution >= 4 is 17.0 Å². The number of nitrogens with zero attached hydrogens (tertiary/aromatic N) is 2. The van der Waals surface area contributed by atoms with Gasteiger partial charge in [0.25, 0.3) is 0 Å². The maximum absolute atomic E-state index is 11.3. The van der Waals surface area contributed by atoms with Crippen LogP contribution in [0.15, 0.2) is 54.7 Å². The summed E-state index contributed by atoms with van der Waals surface area (Å²) >= 11 is 0. The predicted molar refractivity (Wildman–Crippen MR) is 71.9 cm³/mol.